The Morgan fingerprint density at radius 2 is 1.75 bits per heavy atom. The number of hydrogen-bond donors (Lipinski definition) is 0. The van der Waals surface area contributed by atoms with Crippen LogP contribution < -0.4 is 4.74 Å². The lowest BCUT2D eigenvalue weighted by Gasteiger charge is -2.12. The van der Waals surface area contributed by atoms with Gasteiger partial charge >= 0.3 is 0 Å². The maximum atomic E-state index is 10.7. The molecule has 0 aliphatic rings. The van der Waals surface area contributed by atoms with E-state index >= 15 is 0 Å². The van der Waals surface area contributed by atoms with E-state index in [1.807, 2.05) is 12.1 Å². The zero-order chi connectivity index (χ0) is 20.1. The predicted molar refractivity (Wildman–Crippen MR) is 113 cm³/mol. The first-order valence-electron chi connectivity index (χ1n) is 8.07. The van der Waals surface area contributed by atoms with Gasteiger partial charge in [0.2, 0.25) is 0 Å². The van der Waals surface area contributed by atoms with Crippen LogP contribution in [0.3, 0.4) is 0 Å². The molecule has 0 spiro atoms. The van der Waals surface area contributed by atoms with Crippen molar-refractivity contribution >= 4 is 52.4 Å². The van der Waals surface area contributed by atoms with Gasteiger partial charge in [0.1, 0.15) is 12.4 Å². The summed E-state index contributed by atoms with van der Waals surface area (Å²) in [5.74, 6) is 0.428. The van der Waals surface area contributed by atoms with Crippen LogP contribution in [0.1, 0.15) is 11.1 Å². The first-order valence-corrected chi connectivity index (χ1v) is 9.20. The first kappa shape index (κ1) is 20.1. The highest BCUT2D eigenvalue weighted by atomic mass is 35.5. The largest absolute Gasteiger partial charge is 0.487 e. The lowest BCUT2D eigenvalue weighted by molar-refractivity contribution is -0.384. The van der Waals surface area contributed by atoms with Crippen LogP contribution in [0.5, 0.6) is 5.75 Å². The molecule has 0 bridgehead atoms. The molecule has 0 aliphatic carbocycles. The number of nitrogens with zero attached hydrogens (tertiary/aromatic N) is 2. The lowest BCUT2D eigenvalue weighted by Crippen LogP contribution is -1.99. The Labute approximate surface area is 176 Å². The summed E-state index contributed by atoms with van der Waals surface area (Å²) in [7, 11) is 0. The molecular weight excluding hydrogens is 423 g/mol. The molecule has 0 aromatic heterocycles. The molecule has 3 rings (SSSR count). The van der Waals surface area contributed by atoms with Crippen LogP contribution in [0.25, 0.3) is 0 Å². The van der Waals surface area contributed by atoms with Gasteiger partial charge < -0.3 is 4.74 Å². The first-order chi connectivity index (χ1) is 13.4. The van der Waals surface area contributed by atoms with E-state index in [2.05, 4.69) is 4.99 Å². The van der Waals surface area contributed by atoms with Crippen LogP contribution in [0.2, 0.25) is 15.1 Å². The standard InChI is InChI=1S/C20H13Cl3N2O3/c21-15-3-1-2-13(8-15)12-28-20-14(9-16(22)10-19(20)23)11-24-17-4-6-18(7-5-17)25(26)27/h1-11H,12H2. The number of benzene rings is 3. The van der Waals surface area contributed by atoms with Crippen molar-refractivity contribution in [3.05, 3.63) is 97.0 Å². The molecule has 0 aliphatic heterocycles. The van der Waals surface area contributed by atoms with Gasteiger partial charge in [-0.05, 0) is 42.0 Å². The minimum absolute atomic E-state index is 0.00436. The molecule has 0 saturated heterocycles. The number of aliphatic imine (C=N–C) groups is 1. The maximum Gasteiger partial charge on any atom is 0.269 e. The smallest absolute Gasteiger partial charge is 0.269 e. The van der Waals surface area contributed by atoms with Crippen molar-refractivity contribution in [1.29, 1.82) is 0 Å². The van der Waals surface area contributed by atoms with Crippen molar-refractivity contribution in [1.82, 2.24) is 0 Å². The topological polar surface area (TPSA) is 64.7 Å². The molecule has 0 atom stereocenters. The molecule has 0 saturated carbocycles. The summed E-state index contributed by atoms with van der Waals surface area (Å²) in [6, 6.07) is 16.4. The van der Waals surface area contributed by atoms with Crippen molar-refractivity contribution < 1.29 is 9.66 Å². The number of ether oxygens (including phenoxy) is 1. The van der Waals surface area contributed by atoms with Crippen molar-refractivity contribution in [2.75, 3.05) is 0 Å². The van der Waals surface area contributed by atoms with Crippen LogP contribution in [-0.4, -0.2) is 11.1 Å². The summed E-state index contributed by atoms with van der Waals surface area (Å²) in [6.07, 6.45) is 1.55. The van der Waals surface area contributed by atoms with Crippen LogP contribution in [0.15, 0.2) is 65.7 Å². The number of hydrogen-bond acceptors (Lipinski definition) is 4. The van der Waals surface area contributed by atoms with Gasteiger partial charge in [0.25, 0.3) is 5.69 Å². The SMILES string of the molecule is O=[N+]([O-])c1ccc(N=Cc2cc(Cl)cc(Cl)c2OCc2cccc(Cl)c2)cc1. The second kappa shape index (κ2) is 9.06. The summed E-state index contributed by atoms with van der Waals surface area (Å²) in [5.41, 5.74) is 2.01. The van der Waals surface area contributed by atoms with Crippen LogP contribution in [0, 0.1) is 10.1 Å². The van der Waals surface area contributed by atoms with E-state index < -0.39 is 4.92 Å². The fourth-order valence-electron chi connectivity index (χ4n) is 2.42. The van der Waals surface area contributed by atoms with Gasteiger partial charge in [-0.15, -0.1) is 0 Å². The zero-order valence-electron chi connectivity index (χ0n) is 14.3. The predicted octanol–water partition coefficient (Wildman–Crippen LogP) is 6.88. The van der Waals surface area contributed by atoms with Crippen molar-refractivity contribution in [2.45, 2.75) is 6.61 Å². The van der Waals surface area contributed by atoms with E-state index in [4.69, 9.17) is 39.5 Å². The summed E-state index contributed by atoms with van der Waals surface area (Å²) >= 11 is 18.4. The number of non-ortho nitro benzene ring substituents is 1. The van der Waals surface area contributed by atoms with Gasteiger partial charge in [-0.2, -0.15) is 0 Å². The molecule has 3 aromatic rings. The van der Waals surface area contributed by atoms with Crippen molar-refractivity contribution in [3.63, 3.8) is 0 Å². The van der Waals surface area contributed by atoms with Gasteiger partial charge in [0.15, 0.2) is 0 Å². The maximum absolute atomic E-state index is 10.7. The second-order valence-electron chi connectivity index (χ2n) is 5.76. The molecule has 5 nitrogen and oxygen atoms in total. The third kappa shape index (κ3) is 5.23. The highest BCUT2D eigenvalue weighted by molar-refractivity contribution is 6.36. The fourth-order valence-corrected chi connectivity index (χ4v) is 3.19. The third-order valence-corrected chi connectivity index (χ3v) is 4.46. The van der Waals surface area contributed by atoms with Crippen molar-refractivity contribution in [2.24, 2.45) is 4.99 Å². The Balaban J connectivity index is 1.84. The van der Waals surface area contributed by atoms with Crippen LogP contribution in [-0.2, 0) is 6.61 Å². The minimum Gasteiger partial charge on any atom is -0.487 e. The second-order valence-corrected chi connectivity index (χ2v) is 7.04. The van der Waals surface area contributed by atoms with Gasteiger partial charge in [0.05, 0.1) is 15.6 Å². The van der Waals surface area contributed by atoms with Gasteiger partial charge in [-0.25, -0.2) is 0 Å². The number of rotatable bonds is 6. The molecule has 3 aromatic carbocycles. The highest BCUT2D eigenvalue weighted by Crippen LogP contribution is 2.33. The molecular formula is C20H13Cl3N2O3. The number of nitro benzene ring substituents is 1. The molecule has 0 N–H and O–H groups in total. The summed E-state index contributed by atoms with van der Waals surface area (Å²) in [4.78, 5) is 14.6. The summed E-state index contributed by atoms with van der Waals surface area (Å²) in [5, 5.41) is 12.1. The fraction of sp³-hybridized carbons (Fsp3) is 0.0500. The Morgan fingerprint density at radius 3 is 2.43 bits per heavy atom. The average Bonchev–Trinajstić information content (AvgIpc) is 2.65. The molecule has 8 heteroatoms. The van der Waals surface area contributed by atoms with Crippen LogP contribution >= 0.6 is 34.8 Å². The zero-order valence-corrected chi connectivity index (χ0v) is 16.6. The third-order valence-electron chi connectivity index (χ3n) is 3.72. The number of nitro groups is 1. The summed E-state index contributed by atoms with van der Waals surface area (Å²) < 4.78 is 5.87. The monoisotopic (exact) mass is 434 g/mol. The Kier molecular flexibility index (Phi) is 6.52. The van der Waals surface area contributed by atoms with E-state index in [0.717, 1.165) is 5.56 Å². The molecule has 0 fully saturated rings. The van der Waals surface area contributed by atoms with Gasteiger partial charge in [-0.1, -0.05) is 46.9 Å². The van der Waals surface area contributed by atoms with E-state index in [1.165, 1.54) is 12.1 Å². The lowest BCUT2D eigenvalue weighted by atomic mass is 10.2. The number of halogens is 3. The summed E-state index contributed by atoms with van der Waals surface area (Å²) in [6.45, 7) is 0.264. The van der Waals surface area contributed by atoms with Crippen molar-refractivity contribution in [3.8, 4) is 5.75 Å². The molecule has 28 heavy (non-hydrogen) atoms. The Bertz CT molecular complexity index is 1040. The quantitative estimate of drug-likeness (QED) is 0.241. The molecule has 0 heterocycles. The molecule has 142 valence electrons. The van der Waals surface area contributed by atoms with E-state index in [1.54, 1.807) is 42.6 Å². The highest BCUT2D eigenvalue weighted by Gasteiger charge is 2.11. The molecule has 0 unspecified atom stereocenters. The van der Waals surface area contributed by atoms with E-state index in [-0.39, 0.29) is 12.3 Å². The van der Waals surface area contributed by atoms with Crippen LogP contribution in [0.4, 0.5) is 11.4 Å². The average molecular weight is 436 g/mol. The van der Waals surface area contributed by atoms with Gasteiger partial charge in [0, 0.05) is 34.0 Å². The van der Waals surface area contributed by atoms with Gasteiger partial charge in [-0.3, -0.25) is 15.1 Å². The van der Waals surface area contributed by atoms with E-state index in [0.29, 0.717) is 32.1 Å². The van der Waals surface area contributed by atoms with E-state index in [9.17, 15) is 10.1 Å². The minimum atomic E-state index is -0.466. The normalized spacial score (nSPS) is 11.0. The molecule has 0 radical (unpaired) electrons. The Hall–Kier alpha value is -2.60. The molecule has 0 amide bonds. The Morgan fingerprint density at radius 1 is 1.00 bits per heavy atom.